The van der Waals surface area contributed by atoms with Gasteiger partial charge in [-0.1, -0.05) is 48.2 Å². The van der Waals surface area contributed by atoms with E-state index in [9.17, 15) is 9.59 Å². The van der Waals surface area contributed by atoms with Gasteiger partial charge in [0.15, 0.2) is 10.9 Å². The van der Waals surface area contributed by atoms with Crippen LogP contribution in [-0.2, 0) is 11.3 Å². The van der Waals surface area contributed by atoms with Crippen LogP contribution in [-0.4, -0.2) is 51.3 Å². The molecule has 0 bridgehead atoms. The van der Waals surface area contributed by atoms with Crippen LogP contribution in [0.3, 0.4) is 0 Å². The standard InChI is InChI=1S/C24H23N5O3S/c1-28(2)23(31)18-10-6-11-19(14-18)25-21(30)16-33-24-27-26-22(20-12-7-13-32-20)29(24)15-17-8-4-3-5-9-17/h3-14H,15-16H2,1-2H3,(H,25,30). The maximum atomic E-state index is 12.6. The van der Waals surface area contributed by atoms with Crippen LogP contribution in [0.2, 0.25) is 0 Å². The Hall–Kier alpha value is -3.85. The number of hydrogen-bond donors (Lipinski definition) is 1. The van der Waals surface area contributed by atoms with Crippen molar-refractivity contribution in [3.8, 4) is 11.6 Å². The summed E-state index contributed by atoms with van der Waals surface area (Å²) < 4.78 is 7.45. The van der Waals surface area contributed by atoms with E-state index in [0.717, 1.165) is 5.56 Å². The number of carbonyl (C=O) groups excluding carboxylic acids is 2. The summed E-state index contributed by atoms with van der Waals surface area (Å²) in [6.07, 6.45) is 1.59. The predicted molar refractivity (Wildman–Crippen MR) is 127 cm³/mol. The summed E-state index contributed by atoms with van der Waals surface area (Å²) in [6.45, 7) is 0.544. The molecule has 0 saturated heterocycles. The van der Waals surface area contributed by atoms with E-state index in [0.29, 0.717) is 34.5 Å². The lowest BCUT2D eigenvalue weighted by atomic mass is 10.2. The first-order chi connectivity index (χ1) is 16.0. The zero-order valence-electron chi connectivity index (χ0n) is 18.3. The lowest BCUT2D eigenvalue weighted by Gasteiger charge is -2.12. The molecule has 2 amide bonds. The Morgan fingerprint density at radius 3 is 2.58 bits per heavy atom. The van der Waals surface area contributed by atoms with E-state index < -0.39 is 0 Å². The highest BCUT2D eigenvalue weighted by molar-refractivity contribution is 7.99. The zero-order valence-corrected chi connectivity index (χ0v) is 19.1. The number of aromatic nitrogens is 3. The molecule has 2 aromatic carbocycles. The highest BCUT2D eigenvalue weighted by atomic mass is 32.2. The highest BCUT2D eigenvalue weighted by Crippen LogP contribution is 2.26. The van der Waals surface area contributed by atoms with Crippen molar-refractivity contribution in [1.29, 1.82) is 0 Å². The summed E-state index contributed by atoms with van der Waals surface area (Å²) in [7, 11) is 3.37. The Kier molecular flexibility index (Phi) is 6.89. The van der Waals surface area contributed by atoms with Gasteiger partial charge < -0.3 is 14.6 Å². The minimum absolute atomic E-state index is 0.125. The number of nitrogens with one attached hydrogen (secondary N) is 1. The van der Waals surface area contributed by atoms with Crippen LogP contribution in [0.25, 0.3) is 11.6 Å². The zero-order chi connectivity index (χ0) is 23.2. The molecular formula is C24H23N5O3S. The van der Waals surface area contributed by atoms with Gasteiger partial charge >= 0.3 is 0 Å². The quantitative estimate of drug-likeness (QED) is 0.399. The molecule has 8 nitrogen and oxygen atoms in total. The van der Waals surface area contributed by atoms with E-state index in [4.69, 9.17) is 4.42 Å². The number of anilines is 1. The van der Waals surface area contributed by atoms with Crippen molar-refractivity contribution < 1.29 is 14.0 Å². The molecule has 0 aliphatic heterocycles. The lowest BCUT2D eigenvalue weighted by Crippen LogP contribution is -2.22. The van der Waals surface area contributed by atoms with Crippen LogP contribution in [0.4, 0.5) is 5.69 Å². The van der Waals surface area contributed by atoms with Gasteiger partial charge in [0.05, 0.1) is 18.6 Å². The first kappa shape index (κ1) is 22.3. The monoisotopic (exact) mass is 461 g/mol. The first-order valence-electron chi connectivity index (χ1n) is 10.3. The van der Waals surface area contributed by atoms with Gasteiger partial charge in [-0.05, 0) is 35.9 Å². The fourth-order valence-electron chi connectivity index (χ4n) is 3.21. The maximum absolute atomic E-state index is 12.6. The van der Waals surface area contributed by atoms with Crippen molar-refractivity contribution in [3.63, 3.8) is 0 Å². The van der Waals surface area contributed by atoms with E-state index in [1.165, 1.54) is 16.7 Å². The number of carbonyl (C=O) groups is 2. The van der Waals surface area contributed by atoms with Crippen molar-refractivity contribution in [3.05, 3.63) is 84.1 Å². The third kappa shape index (κ3) is 5.50. The Balaban J connectivity index is 1.47. The van der Waals surface area contributed by atoms with Crippen LogP contribution in [0.5, 0.6) is 0 Å². The van der Waals surface area contributed by atoms with Gasteiger partial charge in [0.1, 0.15) is 0 Å². The second-order valence-corrected chi connectivity index (χ2v) is 8.41. The average Bonchev–Trinajstić information content (AvgIpc) is 3.48. The van der Waals surface area contributed by atoms with Crippen molar-refractivity contribution >= 4 is 29.3 Å². The van der Waals surface area contributed by atoms with E-state index in [1.807, 2.05) is 41.0 Å². The molecule has 2 aromatic heterocycles. The molecule has 1 N–H and O–H groups in total. The molecule has 0 radical (unpaired) electrons. The molecule has 168 valence electrons. The Labute approximate surface area is 195 Å². The molecule has 0 fully saturated rings. The van der Waals surface area contributed by atoms with Gasteiger partial charge in [0.2, 0.25) is 11.7 Å². The number of furan rings is 1. The minimum atomic E-state index is -0.205. The van der Waals surface area contributed by atoms with E-state index in [1.54, 1.807) is 50.7 Å². The summed E-state index contributed by atoms with van der Waals surface area (Å²) in [5.41, 5.74) is 2.16. The van der Waals surface area contributed by atoms with Crippen molar-refractivity contribution in [1.82, 2.24) is 19.7 Å². The number of nitrogens with zero attached hydrogens (tertiary/aromatic N) is 4. The van der Waals surface area contributed by atoms with Gasteiger partial charge in [-0.2, -0.15) is 0 Å². The van der Waals surface area contributed by atoms with Crippen molar-refractivity contribution in [2.75, 3.05) is 25.2 Å². The van der Waals surface area contributed by atoms with Crippen LogP contribution in [0.1, 0.15) is 15.9 Å². The number of hydrogen-bond acceptors (Lipinski definition) is 6. The predicted octanol–water partition coefficient (Wildman–Crippen LogP) is 4.02. The van der Waals surface area contributed by atoms with Gasteiger partial charge in [-0.15, -0.1) is 10.2 Å². The molecule has 0 aliphatic rings. The summed E-state index contributed by atoms with van der Waals surface area (Å²) in [6, 6.07) is 20.5. The maximum Gasteiger partial charge on any atom is 0.253 e. The molecule has 0 saturated carbocycles. The third-order valence-corrected chi connectivity index (χ3v) is 5.74. The van der Waals surface area contributed by atoms with Crippen LogP contribution in [0.15, 0.2) is 82.6 Å². The van der Waals surface area contributed by atoms with Crippen LogP contribution < -0.4 is 5.32 Å². The van der Waals surface area contributed by atoms with Crippen molar-refractivity contribution in [2.24, 2.45) is 0 Å². The van der Waals surface area contributed by atoms with Gasteiger partial charge in [0, 0.05) is 25.3 Å². The molecule has 0 atom stereocenters. The van der Waals surface area contributed by atoms with Crippen LogP contribution >= 0.6 is 11.8 Å². The van der Waals surface area contributed by atoms with Gasteiger partial charge in [0.25, 0.3) is 5.91 Å². The van der Waals surface area contributed by atoms with E-state index in [-0.39, 0.29) is 17.6 Å². The highest BCUT2D eigenvalue weighted by Gasteiger charge is 2.18. The Bertz CT molecular complexity index is 1240. The Morgan fingerprint density at radius 1 is 1.03 bits per heavy atom. The number of amides is 2. The van der Waals surface area contributed by atoms with Gasteiger partial charge in [-0.3, -0.25) is 14.2 Å². The number of rotatable bonds is 8. The second-order valence-electron chi connectivity index (χ2n) is 7.47. The molecule has 2 heterocycles. The van der Waals surface area contributed by atoms with Crippen molar-refractivity contribution in [2.45, 2.75) is 11.7 Å². The molecule has 0 aliphatic carbocycles. The molecule has 33 heavy (non-hydrogen) atoms. The molecule has 4 rings (SSSR count). The molecular weight excluding hydrogens is 438 g/mol. The third-order valence-electron chi connectivity index (χ3n) is 4.77. The smallest absolute Gasteiger partial charge is 0.253 e. The second kappa shape index (κ2) is 10.2. The normalized spacial score (nSPS) is 10.7. The Morgan fingerprint density at radius 2 is 1.85 bits per heavy atom. The fourth-order valence-corrected chi connectivity index (χ4v) is 3.95. The minimum Gasteiger partial charge on any atom is -0.461 e. The summed E-state index contributed by atoms with van der Waals surface area (Å²) in [5.74, 6) is 1.01. The molecule has 0 spiro atoms. The van der Waals surface area contributed by atoms with E-state index in [2.05, 4.69) is 15.5 Å². The van der Waals surface area contributed by atoms with E-state index >= 15 is 0 Å². The first-order valence-corrected chi connectivity index (χ1v) is 11.2. The topological polar surface area (TPSA) is 93.3 Å². The molecule has 4 aromatic rings. The summed E-state index contributed by atoms with van der Waals surface area (Å²) in [4.78, 5) is 26.3. The number of thioether (sulfide) groups is 1. The largest absolute Gasteiger partial charge is 0.461 e. The number of benzene rings is 2. The summed E-state index contributed by atoms with van der Waals surface area (Å²) in [5, 5.41) is 12.0. The van der Waals surface area contributed by atoms with Gasteiger partial charge in [-0.25, -0.2) is 0 Å². The molecule has 9 heteroatoms. The fraction of sp³-hybridized carbons (Fsp3) is 0.167. The SMILES string of the molecule is CN(C)C(=O)c1cccc(NC(=O)CSc2nnc(-c3ccco3)n2Cc2ccccc2)c1. The average molecular weight is 462 g/mol. The summed E-state index contributed by atoms with van der Waals surface area (Å²) >= 11 is 1.29. The van der Waals surface area contributed by atoms with Crippen LogP contribution in [0, 0.1) is 0 Å². The molecule has 0 unspecified atom stereocenters. The lowest BCUT2D eigenvalue weighted by molar-refractivity contribution is -0.113.